The number of hydrogen-bond donors (Lipinski definition) is 2. The molecule has 7 nitrogen and oxygen atoms in total. The van der Waals surface area contributed by atoms with Crippen molar-refractivity contribution in [3.05, 3.63) is 52.3 Å². The summed E-state index contributed by atoms with van der Waals surface area (Å²) in [5.74, 6) is -0.532. The predicted octanol–water partition coefficient (Wildman–Crippen LogP) is 1.57. The second-order valence-corrected chi connectivity index (χ2v) is 7.24. The SMILES string of the molecule is Cc1nn(Cc2ccccc2)c(Cl)c1C(=O)NC1CCN(CC(N)=O)CC1. The number of aryl methyl sites for hydroxylation is 1. The first kappa shape index (κ1) is 19.4. The summed E-state index contributed by atoms with van der Waals surface area (Å²) in [4.78, 5) is 25.8. The zero-order chi connectivity index (χ0) is 19.4. The molecule has 1 aliphatic rings. The molecule has 1 fully saturated rings. The van der Waals surface area contributed by atoms with Crippen LogP contribution in [0.4, 0.5) is 0 Å². The smallest absolute Gasteiger partial charge is 0.256 e. The van der Waals surface area contributed by atoms with E-state index in [-0.39, 0.29) is 24.4 Å². The number of carbonyl (C=O) groups is 2. The molecule has 1 aromatic carbocycles. The van der Waals surface area contributed by atoms with Crippen molar-refractivity contribution in [2.45, 2.75) is 32.4 Å². The van der Waals surface area contributed by atoms with Crippen LogP contribution in [0, 0.1) is 6.92 Å². The highest BCUT2D eigenvalue weighted by atomic mass is 35.5. The summed E-state index contributed by atoms with van der Waals surface area (Å²) in [6.07, 6.45) is 1.54. The second-order valence-electron chi connectivity index (χ2n) is 6.88. The van der Waals surface area contributed by atoms with Gasteiger partial charge in [0.25, 0.3) is 5.91 Å². The van der Waals surface area contributed by atoms with E-state index in [2.05, 4.69) is 10.4 Å². The van der Waals surface area contributed by atoms with E-state index in [4.69, 9.17) is 17.3 Å². The van der Waals surface area contributed by atoms with E-state index < -0.39 is 0 Å². The molecule has 0 aliphatic carbocycles. The van der Waals surface area contributed by atoms with Gasteiger partial charge in [-0.2, -0.15) is 5.10 Å². The van der Waals surface area contributed by atoms with Crippen LogP contribution in [-0.4, -0.2) is 52.2 Å². The lowest BCUT2D eigenvalue weighted by Crippen LogP contribution is -2.46. The van der Waals surface area contributed by atoms with Gasteiger partial charge in [-0.1, -0.05) is 41.9 Å². The van der Waals surface area contributed by atoms with E-state index in [1.807, 2.05) is 35.2 Å². The summed E-state index contributed by atoms with van der Waals surface area (Å²) in [5.41, 5.74) is 7.33. The molecule has 0 spiro atoms. The van der Waals surface area contributed by atoms with Crippen molar-refractivity contribution in [3.8, 4) is 0 Å². The van der Waals surface area contributed by atoms with Crippen LogP contribution >= 0.6 is 11.6 Å². The molecule has 2 heterocycles. The Morgan fingerprint density at radius 1 is 1.26 bits per heavy atom. The summed E-state index contributed by atoms with van der Waals surface area (Å²) in [6.45, 7) is 4.02. The van der Waals surface area contributed by atoms with Crippen molar-refractivity contribution in [1.29, 1.82) is 0 Å². The number of halogens is 1. The molecule has 1 saturated heterocycles. The maximum Gasteiger partial charge on any atom is 0.256 e. The average Bonchev–Trinajstić information content (AvgIpc) is 2.90. The molecular weight excluding hydrogens is 366 g/mol. The van der Waals surface area contributed by atoms with Gasteiger partial charge in [-0.15, -0.1) is 0 Å². The van der Waals surface area contributed by atoms with Crippen molar-refractivity contribution in [2.24, 2.45) is 5.73 Å². The molecule has 3 rings (SSSR count). The third-order valence-electron chi connectivity index (χ3n) is 4.77. The quantitative estimate of drug-likeness (QED) is 0.784. The molecule has 0 saturated carbocycles. The van der Waals surface area contributed by atoms with Crippen LogP contribution in [0.5, 0.6) is 0 Å². The Kier molecular flexibility index (Phi) is 6.13. The molecule has 1 aromatic heterocycles. The van der Waals surface area contributed by atoms with Crippen molar-refractivity contribution in [2.75, 3.05) is 19.6 Å². The number of nitrogens with two attached hydrogens (primary N) is 1. The number of hydrogen-bond acceptors (Lipinski definition) is 4. The lowest BCUT2D eigenvalue weighted by molar-refractivity contribution is -0.119. The summed E-state index contributed by atoms with van der Waals surface area (Å²) >= 11 is 6.45. The summed E-state index contributed by atoms with van der Waals surface area (Å²) < 4.78 is 1.65. The van der Waals surface area contributed by atoms with Gasteiger partial charge in [-0.05, 0) is 25.3 Å². The molecule has 0 bridgehead atoms. The van der Waals surface area contributed by atoms with Gasteiger partial charge in [0.15, 0.2) is 0 Å². The van der Waals surface area contributed by atoms with E-state index in [9.17, 15) is 9.59 Å². The van der Waals surface area contributed by atoms with Crippen molar-refractivity contribution in [3.63, 3.8) is 0 Å². The minimum atomic E-state index is -0.328. The Morgan fingerprint density at radius 3 is 2.56 bits per heavy atom. The van der Waals surface area contributed by atoms with Gasteiger partial charge in [0.1, 0.15) is 5.15 Å². The monoisotopic (exact) mass is 389 g/mol. The van der Waals surface area contributed by atoms with Crippen molar-refractivity contribution in [1.82, 2.24) is 20.0 Å². The fourth-order valence-corrected chi connectivity index (χ4v) is 3.71. The first-order chi connectivity index (χ1) is 12.9. The zero-order valence-corrected chi connectivity index (χ0v) is 16.1. The standard InChI is InChI=1S/C19H24ClN5O2/c1-13-17(18(20)25(23-13)11-14-5-3-2-4-6-14)19(27)22-15-7-9-24(10-8-15)12-16(21)26/h2-6,15H,7-12H2,1H3,(H2,21,26)(H,22,27). The van der Waals surface area contributed by atoms with E-state index in [1.165, 1.54) is 0 Å². The van der Waals surface area contributed by atoms with Crippen LogP contribution in [-0.2, 0) is 11.3 Å². The number of nitrogens with one attached hydrogen (secondary N) is 1. The largest absolute Gasteiger partial charge is 0.369 e. The number of nitrogens with zero attached hydrogens (tertiary/aromatic N) is 3. The number of primary amides is 1. The molecule has 8 heteroatoms. The van der Waals surface area contributed by atoms with Crippen molar-refractivity contribution >= 4 is 23.4 Å². The van der Waals surface area contributed by atoms with Crippen LogP contribution < -0.4 is 11.1 Å². The molecule has 144 valence electrons. The summed E-state index contributed by atoms with van der Waals surface area (Å²) in [6, 6.07) is 9.90. The van der Waals surface area contributed by atoms with E-state index >= 15 is 0 Å². The Morgan fingerprint density at radius 2 is 1.93 bits per heavy atom. The summed E-state index contributed by atoms with van der Waals surface area (Å²) in [7, 11) is 0. The van der Waals surface area contributed by atoms with Crippen LogP contribution in [0.3, 0.4) is 0 Å². The number of aromatic nitrogens is 2. The maximum absolute atomic E-state index is 12.7. The molecule has 3 N–H and O–H groups in total. The van der Waals surface area contributed by atoms with E-state index in [1.54, 1.807) is 11.6 Å². The molecule has 2 amide bonds. The third-order valence-corrected chi connectivity index (χ3v) is 5.15. The van der Waals surface area contributed by atoms with Crippen LogP contribution in [0.15, 0.2) is 30.3 Å². The normalized spacial score (nSPS) is 15.6. The Hall–Kier alpha value is -2.38. The number of carbonyl (C=O) groups excluding carboxylic acids is 2. The number of rotatable bonds is 6. The van der Waals surface area contributed by atoms with Crippen LogP contribution in [0.25, 0.3) is 0 Å². The van der Waals surface area contributed by atoms with Gasteiger partial charge in [-0.25, -0.2) is 4.68 Å². The highest BCUT2D eigenvalue weighted by Gasteiger charge is 2.25. The molecule has 0 radical (unpaired) electrons. The lowest BCUT2D eigenvalue weighted by Gasteiger charge is -2.31. The lowest BCUT2D eigenvalue weighted by atomic mass is 10.0. The fraction of sp³-hybridized carbons (Fsp3) is 0.421. The van der Waals surface area contributed by atoms with E-state index in [0.29, 0.717) is 23.0 Å². The Balaban J connectivity index is 1.63. The minimum Gasteiger partial charge on any atom is -0.369 e. The second kappa shape index (κ2) is 8.54. The number of amides is 2. The highest BCUT2D eigenvalue weighted by Crippen LogP contribution is 2.22. The van der Waals surface area contributed by atoms with Gasteiger partial charge in [0.05, 0.1) is 24.3 Å². The van der Waals surface area contributed by atoms with Crippen LogP contribution in [0.1, 0.15) is 34.5 Å². The molecular formula is C19H24ClN5O2. The third kappa shape index (κ3) is 4.87. The first-order valence-electron chi connectivity index (χ1n) is 9.02. The number of benzene rings is 1. The van der Waals surface area contributed by atoms with Gasteiger partial charge < -0.3 is 11.1 Å². The van der Waals surface area contributed by atoms with Gasteiger partial charge in [0.2, 0.25) is 5.91 Å². The summed E-state index contributed by atoms with van der Waals surface area (Å²) in [5, 5.41) is 7.82. The van der Waals surface area contributed by atoms with E-state index in [0.717, 1.165) is 31.5 Å². The maximum atomic E-state index is 12.7. The Bertz CT molecular complexity index is 813. The minimum absolute atomic E-state index is 0.0505. The van der Waals surface area contributed by atoms with Gasteiger partial charge in [-0.3, -0.25) is 14.5 Å². The predicted molar refractivity (Wildman–Crippen MR) is 104 cm³/mol. The molecule has 1 aliphatic heterocycles. The van der Waals surface area contributed by atoms with Gasteiger partial charge in [0, 0.05) is 19.1 Å². The molecule has 0 atom stereocenters. The molecule has 0 unspecified atom stereocenters. The first-order valence-corrected chi connectivity index (χ1v) is 9.40. The molecule has 2 aromatic rings. The number of likely N-dealkylation sites (tertiary alicyclic amines) is 1. The fourth-order valence-electron chi connectivity index (χ4n) is 3.39. The number of piperidine rings is 1. The zero-order valence-electron chi connectivity index (χ0n) is 15.3. The molecule has 27 heavy (non-hydrogen) atoms. The van der Waals surface area contributed by atoms with Gasteiger partial charge >= 0.3 is 0 Å². The highest BCUT2D eigenvalue weighted by molar-refractivity contribution is 6.33. The average molecular weight is 390 g/mol. The Labute approximate surface area is 163 Å². The van der Waals surface area contributed by atoms with Crippen LogP contribution in [0.2, 0.25) is 5.15 Å². The van der Waals surface area contributed by atoms with Crippen molar-refractivity contribution < 1.29 is 9.59 Å². The topological polar surface area (TPSA) is 93.2 Å².